The van der Waals surface area contributed by atoms with Crippen molar-refractivity contribution in [3.8, 4) is 17.2 Å². The Morgan fingerprint density at radius 2 is 1.36 bits per heavy atom. The first kappa shape index (κ1) is 30.6. The van der Waals surface area contributed by atoms with E-state index in [1.54, 1.807) is 6.07 Å². The molecule has 0 amide bonds. The predicted octanol–water partition coefficient (Wildman–Crippen LogP) is 4.05. The molecular formula is C26H37KO5S. The van der Waals surface area contributed by atoms with Gasteiger partial charge in [-0.05, 0) is 48.4 Å². The topological polar surface area (TPSA) is 86.7 Å². The summed E-state index contributed by atoms with van der Waals surface area (Å²) in [4.78, 5) is -0.678. The van der Waals surface area contributed by atoms with E-state index in [-0.39, 0.29) is 57.1 Å². The minimum absolute atomic E-state index is 0. The molecule has 0 heterocycles. The van der Waals surface area contributed by atoms with Gasteiger partial charge in [0.2, 0.25) is 0 Å². The fraction of sp³-hybridized carbons (Fsp3) is 0.538. The van der Waals surface area contributed by atoms with Crippen LogP contribution in [0.5, 0.6) is 17.2 Å². The molecule has 0 aliphatic rings. The van der Waals surface area contributed by atoms with Gasteiger partial charge in [-0.1, -0.05) is 95.8 Å². The molecule has 2 aromatic rings. The molecule has 5 nitrogen and oxygen atoms in total. The van der Waals surface area contributed by atoms with Gasteiger partial charge in [-0.25, -0.2) is 0 Å². The van der Waals surface area contributed by atoms with E-state index in [1.807, 2.05) is 18.2 Å². The van der Waals surface area contributed by atoms with Crippen LogP contribution in [0.15, 0.2) is 47.4 Å². The zero-order chi connectivity index (χ0) is 23.2. The maximum atomic E-state index is 12.2. The third-order valence-corrected chi connectivity index (χ3v) is 6.54. The zero-order valence-electron chi connectivity index (χ0n) is 20.2. The van der Waals surface area contributed by atoms with Crippen LogP contribution in [0.25, 0.3) is 0 Å². The molecule has 0 aromatic heterocycles. The van der Waals surface area contributed by atoms with Crippen LogP contribution in [-0.4, -0.2) is 13.0 Å². The maximum Gasteiger partial charge on any atom is 1.00 e. The first-order valence-corrected chi connectivity index (χ1v) is 13.4. The van der Waals surface area contributed by atoms with Crippen LogP contribution in [0.3, 0.4) is 0 Å². The molecule has 0 aliphatic carbocycles. The summed E-state index contributed by atoms with van der Waals surface area (Å²) in [6.45, 7) is 2.25. The average molecular weight is 501 g/mol. The Hall–Kier alpha value is -0.414. The summed E-state index contributed by atoms with van der Waals surface area (Å²) < 4.78 is 37.4. The Kier molecular flexibility index (Phi) is 15.9. The number of benzene rings is 2. The summed E-state index contributed by atoms with van der Waals surface area (Å²) >= 11 is 0. The Morgan fingerprint density at radius 1 is 0.818 bits per heavy atom. The molecule has 178 valence electrons. The second-order valence-corrected chi connectivity index (χ2v) is 9.84. The second kappa shape index (κ2) is 17.1. The molecule has 2 aromatic carbocycles. The molecule has 0 spiro atoms. The SMILES string of the molecule is CCCCCCCCCCCCCCc1cccc(Oc2cccc(S(=O)(=O)O)c2[O-])c1.[K+]. The quantitative estimate of drug-likeness (QED) is 0.213. The first-order valence-electron chi connectivity index (χ1n) is 12.0. The fourth-order valence-corrected chi connectivity index (χ4v) is 4.43. The second-order valence-electron chi connectivity index (χ2n) is 8.45. The van der Waals surface area contributed by atoms with Crippen molar-refractivity contribution in [2.24, 2.45) is 0 Å². The minimum atomic E-state index is -4.58. The van der Waals surface area contributed by atoms with Crippen LogP contribution in [-0.2, 0) is 16.5 Å². The zero-order valence-corrected chi connectivity index (χ0v) is 24.2. The molecule has 7 heteroatoms. The van der Waals surface area contributed by atoms with Crippen LogP contribution in [0.4, 0.5) is 0 Å². The van der Waals surface area contributed by atoms with Crippen molar-refractivity contribution in [1.82, 2.24) is 0 Å². The normalized spacial score (nSPS) is 11.2. The van der Waals surface area contributed by atoms with Crippen LogP contribution in [0.2, 0.25) is 0 Å². The number of para-hydroxylation sites is 1. The van der Waals surface area contributed by atoms with Gasteiger partial charge >= 0.3 is 51.4 Å². The maximum absolute atomic E-state index is 12.2. The van der Waals surface area contributed by atoms with Crippen molar-refractivity contribution in [1.29, 1.82) is 0 Å². The molecule has 0 saturated heterocycles. The van der Waals surface area contributed by atoms with Crippen LogP contribution >= 0.6 is 0 Å². The average Bonchev–Trinajstić information content (AvgIpc) is 2.75. The number of hydrogen-bond donors (Lipinski definition) is 1. The molecule has 1 N–H and O–H groups in total. The smallest absolute Gasteiger partial charge is 0.869 e. The van der Waals surface area contributed by atoms with Crippen molar-refractivity contribution < 1.29 is 74.2 Å². The number of ether oxygens (including phenoxy) is 1. The van der Waals surface area contributed by atoms with Gasteiger partial charge in [0.05, 0.1) is 4.90 Å². The van der Waals surface area contributed by atoms with Crippen molar-refractivity contribution in [3.63, 3.8) is 0 Å². The predicted molar refractivity (Wildman–Crippen MR) is 127 cm³/mol. The van der Waals surface area contributed by atoms with Gasteiger partial charge < -0.3 is 9.84 Å². The van der Waals surface area contributed by atoms with Crippen molar-refractivity contribution in [2.45, 2.75) is 95.3 Å². The summed E-state index contributed by atoms with van der Waals surface area (Å²) in [7, 11) is -4.58. The number of rotatable bonds is 16. The summed E-state index contributed by atoms with van der Waals surface area (Å²) in [5, 5.41) is 12.2. The first-order chi connectivity index (χ1) is 15.4. The van der Waals surface area contributed by atoms with E-state index in [4.69, 9.17) is 9.29 Å². The fourth-order valence-electron chi connectivity index (χ4n) is 3.84. The molecule has 2 rings (SSSR count). The van der Waals surface area contributed by atoms with Crippen molar-refractivity contribution in [3.05, 3.63) is 48.0 Å². The molecule has 0 fully saturated rings. The molecule has 0 radical (unpaired) electrons. The third kappa shape index (κ3) is 12.2. The molecule has 0 bridgehead atoms. The van der Waals surface area contributed by atoms with Gasteiger partial charge in [0.25, 0.3) is 10.1 Å². The summed E-state index contributed by atoms with van der Waals surface area (Å²) in [5.41, 5.74) is 1.12. The Balaban J connectivity index is 0.00000544. The standard InChI is InChI=1S/C26H38O5S.K/c1-2-3-4-5-6-7-8-9-10-11-12-13-16-22-17-14-18-23(21-22)31-24-19-15-20-25(26(24)27)32(28,29)30;/h14-15,17-21,27H,2-13,16H2,1H3,(H,28,29,30);/q;+1/p-1. The van der Waals surface area contributed by atoms with Gasteiger partial charge in [0.1, 0.15) is 11.5 Å². The summed E-state index contributed by atoms with van der Waals surface area (Å²) in [5.74, 6) is -0.491. The van der Waals surface area contributed by atoms with Gasteiger partial charge in [-0.15, -0.1) is 0 Å². The van der Waals surface area contributed by atoms with Crippen LogP contribution in [0.1, 0.15) is 89.5 Å². The molecule has 0 aliphatic heterocycles. The molecule has 0 saturated carbocycles. The summed E-state index contributed by atoms with van der Waals surface area (Å²) in [6, 6.07) is 11.3. The molecule has 33 heavy (non-hydrogen) atoms. The number of unbranched alkanes of at least 4 members (excludes halogenated alkanes) is 11. The molecule has 0 atom stereocenters. The van der Waals surface area contributed by atoms with Gasteiger partial charge in [-0.2, -0.15) is 8.42 Å². The largest absolute Gasteiger partial charge is 1.00 e. The van der Waals surface area contributed by atoms with E-state index in [9.17, 15) is 13.5 Å². The van der Waals surface area contributed by atoms with E-state index < -0.39 is 20.8 Å². The van der Waals surface area contributed by atoms with E-state index in [0.717, 1.165) is 24.5 Å². The number of aryl methyl sites for hydroxylation is 1. The van der Waals surface area contributed by atoms with E-state index >= 15 is 0 Å². The van der Waals surface area contributed by atoms with Gasteiger partial charge in [-0.3, -0.25) is 4.55 Å². The molecule has 0 unspecified atom stereocenters. The van der Waals surface area contributed by atoms with E-state index in [0.29, 0.717) is 5.75 Å². The summed E-state index contributed by atoms with van der Waals surface area (Å²) in [6.07, 6.45) is 16.7. The van der Waals surface area contributed by atoms with Gasteiger partial charge in [0.15, 0.2) is 0 Å². The Bertz CT molecular complexity index is 915. The third-order valence-electron chi connectivity index (χ3n) is 5.67. The van der Waals surface area contributed by atoms with Crippen LogP contribution in [0, 0.1) is 0 Å². The monoisotopic (exact) mass is 500 g/mol. The Labute approximate surface area is 242 Å². The van der Waals surface area contributed by atoms with E-state index in [2.05, 4.69) is 6.92 Å². The van der Waals surface area contributed by atoms with Crippen LogP contribution < -0.4 is 61.2 Å². The Morgan fingerprint density at radius 3 is 1.94 bits per heavy atom. The van der Waals surface area contributed by atoms with E-state index in [1.165, 1.54) is 82.8 Å². The number of hydrogen-bond acceptors (Lipinski definition) is 4. The molecular weight excluding hydrogens is 463 g/mol. The van der Waals surface area contributed by atoms with Crippen molar-refractivity contribution in [2.75, 3.05) is 0 Å². The minimum Gasteiger partial charge on any atom is -0.869 e. The van der Waals surface area contributed by atoms with Crippen molar-refractivity contribution >= 4 is 10.1 Å². The van der Waals surface area contributed by atoms with Gasteiger partial charge in [0, 0.05) is 0 Å².